The second-order valence-corrected chi connectivity index (χ2v) is 8.52. The summed E-state index contributed by atoms with van der Waals surface area (Å²) in [7, 11) is -0.185. The van der Waals surface area contributed by atoms with Gasteiger partial charge in [0.25, 0.3) is 0 Å². The van der Waals surface area contributed by atoms with Crippen LogP contribution in [0.3, 0.4) is 0 Å². The van der Waals surface area contributed by atoms with Gasteiger partial charge in [-0.1, -0.05) is 82.8 Å². The monoisotopic (exact) mass is 212 g/mol. The van der Waals surface area contributed by atoms with E-state index in [-0.39, 0.29) is 8.80 Å². The van der Waals surface area contributed by atoms with Crippen LogP contribution < -0.4 is 0 Å². The highest BCUT2D eigenvalue weighted by Crippen LogP contribution is 2.23. The van der Waals surface area contributed by atoms with E-state index in [2.05, 4.69) is 6.92 Å². The fourth-order valence-corrected chi connectivity index (χ4v) is 6.15. The maximum atomic E-state index is 2.30. The number of hydrogen-bond donors (Lipinski definition) is 0. The summed E-state index contributed by atoms with van der Waals surface area (Å²) in [6.45, 7) is 2.30. The van der Waals surface area contributed by atoms with Crippen molar-refractivity contribution in [1.82, 2.24) is 0 Å². The van der Waals surface area contributed by atoms with Gasteiger partial charge in [-0.05, 0) is 0 Å². The van der Waals surface area contributed by atoms with E-state index in [1.807, 2.05) is 0 Å². The third kappa shape index (κ3) is 5.84. The fourth-order valence-electron chi connectivity index (χ4n) is 2.69. The van der Waals surface area contributed by atoms with Crippen molar-refractivity contribution in [3.63, 3.8) is 0 Å². The molecule has 1 heteroatoms. The molecule has 0 saturated carbocycles. The second kappa shape index (κ2) is 8.52. The smallest absolute Gasteiger partial charge is 0.0367 e. The molecule has 0 bridgehead atoms. The van der Waals surface area contributed by atoms with Crippen molar-refractivity contribution in [1.29, 1.82) is 0 Å². The first-order valence-corrected chi connectivity index (χ1v) is 9.38. The Balaban J connectivity index is 1.82. The first-order valence-electron chi connectivity index (χ1n) is 6.93. The summed E-state index contributed by atoms with van der Waals surface area (Å²) >= 11 is 0. The molecule has 0 aliphatic carbocycles. The van der Waals surface area contributed by atoms with Gasteiger partial charge >= 0.3 is 0 Å². The summed E-state index contributed by atoms with van der Waals surface area (Å²) in [6, 6.07) is 5.02. The summed E-state index contributed by atoms with van der Waals surface area (Å²) < 4.78 is 0. The molecule has 1 saturated heterocycles. The summed E-state index contributed by atoms with van der Waals surface area (Å²) in [5, 5.41) is 0. The van der Waals surface area contributed by atoms with E-state index in [9.17, 15) is 0 Å². The quantitative estimate of drug-likeness (QED) is 0.422. The predicted molar refractivity (Wildman–Crippen MR) is 68.8 cm³/mol. The van der Waals surface area contributed by atoms with Crippen molar-refractivity contribution in [3.8, 4) is 0 Å². The van der Waals surface area contributed by atoms with Gasteiger partial charge in [-0.3, -0.25) is 0 Å². The molecule has 14 heavy (non-hydrogen) atoms. The van der Waals surface area contributed by atoms with E-state index in [0.717, 1.165) is 0 Å². The van der Waals surface area contributed by atoms with Crippen LogP contribution in [-0.4, -0.2) is 8.80 Å². The second-order valence-electron chi connectivity index (χ2n) is 5.06. The van der Waals surface area contributed by atoms with Crippen LogP contribution in [0.1, 0.15) is 64.7 Å². The first kappa shape index (κ1) is 12.3. The lowest BCUT2D eigenvalue weighted by molar-refractivity contribution is 0.620. The molecule has 0 atom stereocenters. The van der Waals surface area contributed by atoms with E-state index in [0.29, 0.717) is 0 Å². The van der Waals surface area contributed by atoms with Gasteiger partial charge in [-0.25, -0.2) is 0 Å². The average Bonchev–Trinajstić information content (AvgIpc) is 2.25. The minimum Gasteiger partial charge on any atom is -0.0654 e. The Labute approximate surface area is 92.1 Å². The molecule has 0 aromatic heterocycles. The van der Waals surface area contributed by atoms with Crippen molar-refractivity contribution < 1.29 is 0 Å². The third-order valence-electron chi connectivity index (χ3n) is 3.69. The molecule has 0 aromatic carbocycles. The molecule has 0 N–H and O–H groups in total. The summed E-state index contributed by atoms with van der Waals surface area (Å²) in [5.41, 5.74) is 0. The Hall–Kier alpha value is 0.217. The number of unbranched alkanes of at least 4 members (excludes halogenated alkanes) is 5. The molecule has 1 heterocycles. The van der Waals surface area contributed by atoms with E-state index in [1.165, 1.54) is 32.1 Å². The lowest BCUT2D eigenvalue weighted by atomic mass is 10.1. The Morgan fingerprint density at radius 1 is 0.786 bits per heavy atom. The average molecular weight is 212 g/mol. The Morgan fingerprint density at radius 2 is 1.43 bits per heavy atom. The topological polar surface area (TPSA) is 0 Å². The standard InChI is InChI=1S/C13H28Si/c1-2-3-4-5-6-8-11-14-12-9-7-10-13-14/h14H,2-13H2,1H3. The normalized spacial score (nSPS) is 18.6. The highest BCUT2D eigenvalue weighted by molar-refractivity contribution is 6.58. The van der Waals surface area contributed by atoms with Crippen LogP contribution in [0.5, 0.6) is 0 Å². The molecule has 1 aliphatic heterocycles. The van der Waals surface area contributed by atoms with Crippen molar-refractivity contribution in [2.24, 2.45) is 0 Å². The van der Waals surface area contributed by atoms with Gasteiger partial charge in [0.15, 0.2) is 0 Å². The van der Waals surface area contributed by atoms with Gasteiger partial charge in [0.2, 0.25) is 0 Å². The first-order chi connectivity index (χ1) is 6.93. The lowest BCUT2D eigenvalue weighted by Crippen LogP contribution is -2.15. The van der Waals surface area contributed by atoms with Crippen LogP contribution in [0.25, 0.3) is 0 Å². The molecule has 1 rings (SSSR count). The predicted octanol–water partition coefficient (Wildman–Crippen LogP) is 4.76. The largest absolute Gasteiger partial charge is 0.0654 e. The number of hydrogen-bond acceptors (Lipinski definition) is 0. The van der Waals surface area contributed by atoms with Crippen molar-refractivity contribution >= 4 is 8.80 Å². The highest BCUT2D eigenvalue weighted by Gasteiger charge is 2.13. The summed E-state index contributed by atoms with van der Waals surface area (Å²) in [4.78, 5) is 0. The van der Waals surface area contributed by atoms with Gasteiger partial charge in [0, 0.05) is 8.80 Å². The van der Waals surface area contributed by atoms with Gasteiger partial charge in [0.05, 0.1) is 0 Å². The third-order valence-corrected chi connectivity index (χ3v) is 7.36. The van der Waals surface area contributed by atoms with Crippen LogP contribution in [0, 0.1) is 0 Å². The fraction of sp³-hybridized carbons (Fsp3) is 1.00. The van der Waals surface area contributed by atoms with Crippen LogP contribution in [0.15, 0.2) is 0 Å². The maximum Gasteiger partial charge on any atom is 0.0367 e. The molecule has 0 nitrogen and oxygen atoms in total. The lowest BCUT2D eigenvalue weighted by Gasteiger charge is -2.19. The van der Waals surface area contributed by atoms with Gasteiger partial charge in [-0.2, -0.15) is 0 Å². The zero-order chi connectivity index (χ0) is 10.1. The van der Waals surface area contributed by atoms with Gasteiger partial charge in [0.1, 0.15) is 0 Å². The zero-order valence-corrected chi connectivity index (χ0v) is 11.2. The molecule has 1 aliphatic rings. The van der Waals surface area contributed by atoms with E-state index in [1.54, 1.807) is 43.8 Å². The maximum absolute atomic E-state index is 2.30. The molecular formula is C13H28Si. The molecule has 0 unspecified atom stereocenters. The van der Waals surface area contributed by atoms with E-state index < -0.39 is 0 Å². The molecular weight excluding hydrogens is 184 g/mol. The molecule has 0 radical (unpaired) electrons. The van der Waals surface area contributed by atoms with Crippen molar-refractivity contribution in [2.75, 3.05) is 0 Å². The Morgan fingerprint density at radius 3 is 2.14 bits per heavy atom. The SMILES string of the molecule is CCCCCCCC[SiH]1CCCCC1. The minimum absolute atomic E-state index is 0.185. The van der Waals surface area contributed by atoms with Gasteiger partial charge in [-0.15, -0.1) is 0 Å². The Kier molecular flexibility index (Phi) is 7.48. The van der Waals surface area contributed by atoms with Crippen LogP contribution in [0.4, 0.5) is 0 Å². The van der Waals surface area contributed by atoms with E-state index in [4.69, 9.17) is 0 Å². The summed E-state index contributed by atoms with van der Waals surface area (Å²) in [5.74, 6) is 0. The summed E-state index contributed by atoms with van der Waals surface area (Å²) in [6.07, 6.45) is 13.6. The van der Waals surface area contributed by atoms with Crippen LogP contribution >= 0.6 is 0 Å². The van der Waals surface area contributed by atoms with Gasteiger partial charge < -0.3 is 0 Å². The molecule has 1 fully saturated rings. The van der Waals surface area contributed by atoms with E-state index >= 15 is 0 Å². The van der Waals surface area contributed by atoms with Crippen molar-refractivity contribution in [3.05, 3.63) is 0 Å². The molecule has 84 valence electrons. The highest BCUT2D eigenvalue weighted by atomic mass is 28.3. The van der Waals surface area contributed by atoms with Crippen LogP contribution in [0.2, 0.25) is 18.1 Å². The van der Waals surface area contributed by atoms with Crippen LogP contribution in [-0.2, 0) is 0 Å². The molecule has 0 aromatic rings. The molecule has 0 amide bonds. The molecule has 0 spiro atoms. The number of rotatable bonds is 7. The minimum atomic E-state index is -0.185. The Bertz CT molecular complexity index is 116. The van der Waals surface area contributed by atoms with Crippen molar-refractivity contribution in [2.45, 2.75) is 82.8 Å². The zero-order valence-electron chi connectivity index (χ0n) is 10.1.